The third-order valence-electron chi connectivity index (χ3n) is 3.82. The quantitative estimate of drug-likeness (QED) is 0.710. The summed E-state index contributed by atoms with van der Waals surface area (Å²) in [5.74, 6) is 0.658. The van der Waals surface area contributed by atoms with Crippen LogP contribution in [-0.4, -0.2) is 48.2 Å². The first kappa shape index (κ1) is 16.4. The number of carboxylic acids is 1. The normalized spacial score (nSPS) is 24.8. The van der Waals surface area contributed by atoms with E-state index in [2.05, 4.69) is 31.0 Å². The standard InChI is InChI=1S/C15H30N2O2/c1-4-5-13-8-14(16-7-6-12(2)3)10-17(9-13)11-15(18)19/h12-14,16H,4-11H2,1-3H3,(H,18,19). The van der Waals surface area contributed by atoms with E-state index >= 15 is 0 Å². The number of hydrogen-bond donors (Lipinski definition) is 2. The highest BCUT2D eigenvalue weighted by Crippen LogP contribution is 2.21. The lowest BCUT2D eigenvalue weighted by atomic mass is 9.90. The molecule has 2 N–H and O–H groups in total. The lowest BCUT2D eigenvalue weighted by Crippen LogP contribution is -2.50. The number of likely N-dealkylation sites (tertiary alicyclic amines) is 1. The molecule has 0 saturated carbocycles. The van der Waals surface area contributed by atoms with Gasteiger partial charge in [0, 0.05) is 19.1 Å². The van der Waals surface area contributed by atoms with Crippen molar-refractivity contribution in [1.29, 1.82) is 0 Å². The summed E-state index contributed by atoms with van der Waals surface area (Å²) < 4.78 is 0. The first-order valence-electron chi connectivity index (χ1n) is 7.68. The lowest BCUT2D eigenvalue weighted by molar-refractivity contribution is -0.138. The number of carbonyl (C=O) groups is 1. The summed E-state index contributed by atoms with van der Waals surface area (Å²) in [6.07, 6.45) is 4.78. The molecule has 1 aliphatic rings. The molecule has 0 bridgehead atoms. The summed E-state index contributed by atoms with van der Waals surface area (Å²) in [7, 11) is 0. The molecule has 1 rings (SSSR count). The first-order valence-corrected chi connectivity index (χ1v) is 7.68. The highest BCUT2D eigenvalue weighted by atomic mass is 16.4. The fourth-order valence-electron chi connectivity index (χ4n) is 2.96. The molecule has 1 heterocycles. The fourth-order valence-corrected chi connectivity index (χ4v) is 2.96. The van der Waals surface area contributed by atoms with Crippen molar-refractivity contribution in [2.24, 2.45) is 11.8 Å². The van der Waals surface area contributed by atoms with Gasteiger partial charge in [-0.3, -0.25) is 9.69 Å². The van der Waals surface area contributed by atoms with E-state index in [1.165, 1.54) is 25.7 Å². The van der Waals surface area contributed by atoms with E-state index < -0.39 is 5.97 Å². The Kier molecular flexibility index (Phi) is 7.39. The number of carboxylic acid groups (broad SMARTS) is 1. The zero-order valence-electron chi connectivity index (χ0n) is 12.7. The molecule has 0 spiro atoms. The molecule has 0 aliphatic carbocycles. The van der Waals surface area contributed by atoms with Gasteiger partial charge in [0.2, 0.25) is 0 Å². The first-order chi connectivity index (χ1) is 9.01. The largest absolute Gasteiger partial charge is 0.480 e. The second-order valence-corrected chi connectivity index (χ2v) is 6.31. The van der Waals surface area contributed by atoms with Gasteiger partial charge in [-0.2, -0.15) is 0 Å². The fraction of sp³-hybridized carbons (Fsp3) is 0.933. The minimum atomic E-state index is -0.710. The highest BCUT2D eigenvalue weighted by molar-refractivity contribution is 5.69. The minimum Gasteiger partial charge on any atom is -0.480 e. The molecule has 4 nitrogen and oxygen atoms in total. The Labute approximate surface area is 117 Å². The zero-order chi connectivity index (χ0) is 14.3. The molecule has 0 radical (unpaired) electrons. The Morgan fingerprint density at radius 1 is 1.42 bits per heavy atom. The molecule has 2 atom stereocenters. The van der Waals surface area contributed by atoms with Crippen LogP contribution in [0.5, 0.6) is 0 Å². The van der Waals surface area contributed by atoms with E-state index in [4.69, 9.17) is 5.11 Å². The highest BCUT2D eigenvalue weighted by Gasteiger charge is 2.27. The maximum Gasteiger partial charge on any atom is 0.317 e. The Morgan fingerprint density at radius 3 is 2.74 bits per heavy atom. The van der Waals surface area contributed by atoms with Crippen LogP contribution in [0.2, 0.25) is 0 Å². The van der Waals surface area contributed by atoms with Crippen LogP contribution in [0.25, 0.3) is 0 Å². The summed E-state index contributed by atoms with van der Waals surface area (Å²) in [5, 5.41) is 12.6. The van der Waals surface area contributed by atoms with Crippen molar-refractivity contribution in [2.45, 2.75) is 52.5 Å². The third kappa shape index (κ3) is 6.92. The van der Waals surface area contributed by atoms with Gasteiger partial charge >= 0.3 is 5.97 Å². The van der Waals surface area contributed by atoms with Gasteiger partial charge < -0.3 is 10.4 Å². The monoisotopic (exact) mass is 270 g/mol. The van der Waals surface area contributed by atoms with Crippen molar-refractivity contribution in [3.05, 3.63) is 0 Å². The smallest absolute Gasteiger partial charge is 0.317 e. The van der Waals surface area contributed by atoms with Crippen LogP contribution in [0.4, 0.5) is 0 Å². The maximum absolute atomic E-state index is 10.9. The molecule has 1 fully saturated rings. The Hall–Kier alpha value is -0.610. The SMILES string of the molecule is CCCC1CC(NCCC(C)C)CN(CC(=O)O)C1. The molecule has 1 saturated heterocycles. The topological polar surface area (TPSA) is 52.6 Å². The van der Waals surface area contributed by atoms with Gasteiger partial charge in [-0.25, -0.2) is 0 Å². The van der Waals surface area contributed by atoms with Gasteiger partial charge in [0.05, 0.1) is 6.54 Å². The van der Waals surface area contributed by atoms with Crippen LogP contribution >= 0.6 is 0 Å². The second kappa shape index (κ2) is 8.54. The molecule has 1 aliphatic heterocycles. The van der Waals surface area contributed by atoms with Crippen LogP contribution in [0.1, 0.15) is 46.5 Å². The molecule has 112 valence electrons. The number of piperidine rings is 1. The molecule has 0 aromatic rings. The summed E-state index contributed by atoms with van der Waals surface area (Å²) in [6.45, 7) is 9.73. The third-order valence-corrected chi connectivity index (χ3v) is 3.82. The van der Waals surface area contributed by atoms with Gasteiger partial charge in [0.1, 0.15) is 0 Å². The number of hydrogen-bond acceptors (Lipinski definition) is 3. The van der Waals surface area contributed by atoms with Crippen LogP contribution < -0.4 is 5.32 Å². The van der Waals surface area contributed by atoms with Crippen molar-refractivity contribution in [3.8, 4) is 0 Å². The maximum atomic E-state index is 10.9. The number of rotatable bonds is 8. The lowest BCUT2D eigenvalue weighted by Gasteiger charge is -2.37. The van der Waals surface area contributed by atoms with Crippen molar-refractivity contribution >= 4 is 5.97 Å². The van der Waals surface area contributed by atoms with Crippen LogP contribution in [0, 0.1) is 11.8 Å². The number of aliphatic carboxylic acids is 1. The van der Waals surface area contributed by atoms with Gasteiger partial charge in [0.15, 0.2) is 0 Å². The van der Waals surface area contributed by atoms with E-state index in [1.54, 1.807) is 0 Å². The average Bonchev–Trinajstić information content (AvgIpc) is 2.27. The molecule has 19 heavy (non-hydrogen) atoms. The molecular formula is C15H30N2O2. The minimum absolute atomic E-state index is 0.183. The van der Waals surface area contributed by atoms with E-state index in [-0.39, 0.29) is 6.54 Å². The van der Waals surface area contributed by atoms with E-state index in [1.807, 2.05) is 0 Å². The average molecular weight is 270 g/mol. The van der Waals surface area contributed by atoms with Gasteiger partial charge in [-0.05, 0) is 37.6 Å². The Balaban J connectivity index is 2.42. The van der Waals surface area contributed by atoms with E-state index in [0.717, 1.165) is 25.6 Å². The molecule has 0 aromatic carbocycles. The van der Waals surface area contributed by atoms with E-state index in [9.17, 15) is 4.79 Å². The van der Waals surface area contributed by atoms with Crippen molar-refractivity contribution in [1.82, 2.24) is 10.2 Å². The Morgan fingerprint density at radius 2 is 2.16 bits per heavy atom. The number of nitrogens with one attached hydrogen (secondary N) is 1. The van der Waals surface area contributed by atoms with Gasteiger partial charge in [-0.15, -0.1) is 0 Å². The van der Waals surface area contributed by atoms with Crippen molar-refractivity contribution in [2.75, 3.05) is 26.2 Å². The van der Waals surface area contributed by atoms with Crippen LogP contribution in [0.15, 0.2) is 0 Å². The molecular weight excluding hydrogens is 240 g/mol. The summed E-state index contributed by atoms with van der Waals surface area (Å²) in [6, 6.07) is 0.461. The van der Waals surface area contributed by atoms with Crippen molar-refractivity contribution in [3.63, 3.8) is 0 Å². The van der Waals surface area contributed by atoms with Crippen molar-refractivity contribution < 1.29 is 9.90 Å². The predicted molar refractivity (Wildman–Crippen MR) is 78.3 cm³/mol. The summed E-state index contributed by atoms with van der Waals surface area (Å²) >= 11 is 0. The van der Waals surface area contributed by atoms with Gasteiger partial charge in [0.25, 0.3) is 0 Å². The van der Waals surface area contributed by atoms with Crippen LogP contribution in [-0.2, 0) is 4.79 Å². The second-order valence-electron chi connectivity index (χ2n) is 6.31. The van der Waals surface area contributed by atoms with E-state index in [0.29, 0.717) is 12.0 Å². The van der Waals surface area contributed by atoms with Gasteiger partial charge in [-0.1, -0.05) is 27.2 Å². The number of nitrogens with zero attached hydrogens (tertiary/aromatic N) is 1. The molecule has 4 heteroatoms. The van der Waals surface area contributed by atoms with Crippen LogP contribution in [0.3, 0.4) is 0 Å². The Bertz CT molecular complexity index is 269. The predicted octanol–water partition coefficient (Wildman–Crippen LogP) is 2.20. The zero-order valence-corrected chi connectivity index (χ0v) is 12.7. The summed E-state index contributed by atoms with van der Waals surface area (Å²) in [5.41, 5.74) is 0. The molecule has 2 unspecified atom stereocenters. The summed E-state index contributed by atoms with van der Waals surface area (Å²) in [4.78, 5) is 13.0. The molecule has 0 aromatic heterocycles. The molecule has 0 amide bonds.